The summed E-state index contributed by atoms with van der Waals surface area (Å²) in [7, 11) is 0. The fraction of sp³-hybridized carbons (Fsp3) is 0.258. The van der Waals surface area contributed by atoms with E-state index in [-0.39, 0.29) is 10.8 Å². The summed E-state index contributed by atoms with van der Waals surface area (Å²) in [6.07, 6.45) is 5.12. The third kappa shape index (κ3) is 3.55. The zero-order valence-electron chi connectivity index (χ0n) is 20.4. The quantitative estimate of drug-likeness (QED) is 0.278. The van der Waals surface area contributed by atoms with E-state index >= 15 is 0 Å². The monoisotopic (exact) mass is 507 g/mol. The molecule has 1 spiro atoms. The Balaban J connectivity index is 1.42. The van der Waals surface area contributed by atoms with Gasteiger partial charge in [0, 0.05) is 22.9 Å². The van der Waals surface area contributed by atoms with Crippen LogP contribution >= 0.6 is 23.5 Å². The molecule has 36 heavy (non-hydrogen) atoms. The smallest absolute Gasteiger partial charge is 0.110 e. The maximum atomic E-state index is 5.10. The maximum absolute atomic E-state index is 5.10. The largest absolute Gasteiger partial charge is 0.346 e. The van der Waals surface area contributed by atoms with Crippen LogP contribution in [0.5, 0.6) is 0 Å². The summed E-state index contributed by atoms with van der Waals surface area (Å²) in [5.74, 6) is 0.221. The Morgan fingerprint density at radius 3 is 2.19 bits per heavy atom. The molecule has 3 aliphatic rings. The van der Waals surface area contributed by atoms with Gasteiger partial charge in [-0.05, 0) is 43.0 Å². The SMILES string of the molecule is Cc1nn(-c2ccccc2)c2c1C(c1ccccc1)C1=C(S2)N(Cc2ccccc2)C2(CCCC2)S1. The Labute approximate surface area is 221 Å². The Bertz CT molecular complexity index is 1420. The van der Waals surface area contributed by atoms with Crippen LogP contribution < -0.4 is 0 Å². The summed E-state index contributed by atoms with van der Waals surface area (Å²) >= 11 is 4.10. The fourth-order valence-corrected chi connectivity index (χ4v) is 9.47. The molecule has 4 aromatic rings. The summed E-state index contributed by atoms with van der Waals surface area (Å²) in [5, 5.41) is 7.80. The lowest BCUT2D eigenvalue weighted by molar-refractivity contribution is 0.238. The van der Waals surface area contributed by atoms with Gasteiger partial charge in [-0.25, -0.2) is 4.68 Å². The van der Waals surface area contributed by atoms with Crippen LogP contribution in [0.25, 0.3) is 5.69 Å². The molecule has 0 saturated heterocycles. The summed E-state index contributed by atoms with van der Waals surface area (Å²) in [6, 6.07) is 32.7. The summed E-state index contributed by atoms with van der Waals surface area (Å²) in [6.45, 7) is 3.14. The van der Waals surface area contributed by atoms with E-state index in [0.29, 0.717) is 0 Å². The van der Waals surface area contributed by atoms with E-state index in [1.807, 2.05) is 11.8 Å². The minimum absolute atomic E-state index is 0.156. The van der Waals surface area contributed by atoms with Crippen molar-refractivity contribution in [3.05, 3.63) is 123 Å². The molecule has 1 saturated carbocycles. The zero-order chi connectivity index (χ0) is 24.1. The lowest BCUT2D eigenvalue weighted by Crippen LogP contribution is -2.38. The van der Waals surface area contributed by atoms with Crippen LogP contribution in [0.3, 0.4) is 0 Å². The molecule has 0 N–H and O–H groups in total. The number of thioether (sulfide) groups is 2. The average Bonchev–Trinajstić information content (AvgIpc) is 3.61. The maximum Gasteiger partial charge on any atom is 0.110 e. The van der Waals surface area contributed by atoms with E-state index in [1.54, 1.807) is 0 Å². The molecule has 2 aliphatic heterocycles. The van der Waals surface area contributed by atoms with Crippen molar-refractivity contribution < 1.29 is 0 Å². The van der Waals surface area contributed by atoms with Gasteiger partial charge < -0.3 is 4.90 Å². The highest BCUT2D eigenvalue weighted by Crippen LogP contribution is 2.65. The molecule has 1 aliphatic carbocycles. The molecule has 0 radical (unpaired) electrons. The standard InChI is InChI=1S/C31H29N3S2/c1-22-26-27(24-15-7-3-8-16-24)28-30(35-29(26)34(32-22)25-17-9-4-10-18-25)33(21-23-13-5-2-6-14-23)31(36-28)19-11-12-20-31/h2-10,13-18,27H,11-12,19-21H2,1H3. The Kier molecular flexibility index (Phi) is 5.51. The molecule has 0 amide bonds. The molecule has 5 heteroatoms. The van der Waals surface area contributed by atoms with Crippen LogP contribution in [0.2, 0.25) is 0 Å². The highest BCUT2D eigenvalue weighted by atomic mass is 32.2. The van der Waals surface area contributed by atoms with Crippen LogP contribution in [0, 0.1) is 6.92 Å². The molecule has 0 bridgehead atoms. The molecule has 180 valence electrons. The van der Waals surface area contributed by atoms with Crippen LogP contribution in [-0.4, -0.2) is 19.6 Å². The van der Waals surface area contributed by atoms with Crippen molar-refractivity contribution in [2.24, 2.45) is 0 Å². The number of benzene rings is 3. The topological polar surface area (TPSA) is 21.1 Å². The predicted molar refractivity (Wildman–Crippen MR) is 150 cm³/mol. The van der Waals surface area contributed by atoms with Gasteiger partial charge in [0.05, 0.1) is 21.3 Å². The van der Waals surface area contributed by atoms with E-state index in [2.05, 4.69) is 119 Å². The molecule has 3 aromatic carbocycles. The number of para-hydroxylation sites is 1. The van der Waals surface area contributed by atoms with Crippen molar-refractivity contribution in [1.29, 1.82) is 0 Å². The Morgan fingerprint density at radius 2 is 1.50 bits per heavy atom. The minimum Gasteiger partial charge on any atom is -0.346 e. The van der Waals surface area contributed by atoms with Gasteiger partial charge in [-0.2, -0.15) is 5.10 Å². The molecule has 3 nitrogen and oxygen atoms in total. The van der Waals surface area contributed by atoms with E-state index in [0.717, 1.165) is 17.9 Å². The first-order valence-electron chi connectivity index (χ1n) is 12.9. The van der Waals surface area contributed by atoms with Crippen molar-refractivity contribution in [1.82, 2.24) is 14.7 Å². The van der Waals surface area contributed by atoms with Gasteiger partial charge >= 0.3 is 0 Å². The van der Waals surface area contributed by atoms with Crippen molar-refractivity contribution >= 4 is 23.5 Å². The van der Waals surface area contributed by atoms with E-state index in [4.69, 9.17) is 5.10 Å². The van der Waals surface area contributed by atoms with Crippen molar-refractivity contribution in [2.45, 2.75) is 55.0 Å². The minimum atomic E-state index is 0.156. The van der Waals surface area contributed by atoms with Crippen molar-refractivity contribution in [2.75, 3.05) is 0 Å². The van der Waals surface area contributed by atoms with Crippen molar-refractivity contribution in [3.63, 3.8) is 0 Å². The van der Waals surface area contributed by atoms with Crippen LogP contribution in [0.1, 0.15) is 54.0 Å². The van der Waals surface area contributed by atoms with Gasteiger partial charge in [0.1, 0.15) is 5.03 Å². The number of hydrogen-bond acceptors (Lipinski definition) is 4. The highest BCUT2D eigenvalue weighted by Gasteiger charge is 2.52. The summed E-state index contributed by atoms with van der Waals surface area (Å²) < 4.78 is 2.18. The van der Waals surface area contributed by atoms with Gasteiger partial charge in [0.25, 0.3) is 0 Å². The average molecular weight is 508 g/mol. The number of allylic oxidation sites excluding steroid dienone is 1. The third-order valence-electron chi connectivity index (χ3n) is 7.76. The summed E-state index contributed by atoms with van der Waals surface area (Å²) in [4.78, 5) is 4.44. The molecule has 1 unspecified atom stereocenters. The first kappa shape index (κ1) is 22.3. The number of nitrogens with zero attached hydrogens (tertiary/aromatic N) is 3. The first-order chi connectivity index (χ1) is 17.7. The number of aromatic nitrogens is 2. The Hall–Kier alpha value is -2.89. The van der Waals surface area contributed by atoms with Crippen LogP contribution in [0.15, 0.2) is 106 Å². The third-order valence-corrected chi connectivity index (χ3v) is 10.8. The van der Waals surface area contributed by atoms with Crippen molar-refractivity contribution in [3.8, 4) is 5.69 Å². The Morgan fingerprint density at radius 1 is 0.861 bits per heavy atom. The zero-order valence-corrected chi connectivity index (χ0v) is 22.1. The van der Waals surface area contributed by atoms with E-state index in [1.165, 1.54) is 57.3 Å². The number of hydrogen-bond donors (Lipinski definition) is 0. The first-order valence-corrected chi connectivity index (χ1v) is 14.5. The molecule has 7 rings (SSSR count). The molecule has 1 atom stereocenters. The highest BCUT2D eigenvalue weighted by molar-refractivity contribution is 8.08. The lowest BCUT2D eigenvalue weighted by Gasteiger charge is -2.38. The lowest BCUT2D eigenvalue weighted by atomic mass is 9.91. The normalized spacial score (nSPS) is 20.1. The molecule has 1 fully saturated rings. The molecular formula is C31H29N3S2. The second-order valence-electron chi connectivity index (χ2n) is 9.99. The van der Waals surface area contributed by atoms with Gasteiger partial charge in [-0.3, -0.25) is 0 Å². The molecule has 3 heterocycles. The second-order valence-corrected chi connectivity index (χ2v) is 12.4. The molecule has 1 aromatic heterocycles. The summed E-state index contributed by atoms with van der Waals surface area (Å²) in [5.41, 5.74) is 6.37. The fourth-order valence-electron chi connectivity index (χ4n) is 6.07. The van der Waals surface area contributed by atoms with E-state index < -0.39 is 0 Å². The van der Waals surface area contributed by atoms with Gasteiger partial charge in [0.15, 0.2) is 0 Å². The number of fused-ring (bicyclic) bond motifs is 1. The second kappa shape index (κ2) is 8.89. The van der Waals surface area contributed by atoms with Gasteiger partial charge in [-0.15, -0.1) is 0 Å². The van der Waals surface area contributed by atoms with E-state index in [9.17, 15) is 0 Å². The molecular weight excluding hydrogens is 478 g/mol. The number of aryl methyl sites for hydroxylation is 1. The van der Waals surface area contributed by atoms with Crippen LogP contribution in [0.4, 0.5) is 0 Å². The van der Waals surface area contributed by atoms with Gasteiger partial charge in [0.2, 0.25) is 0 Å². The van der Waals surface area contributed by atoms with Gasteiger partial charge in [-0.1, -0.05) is 115 Å². The van der Waals surface area contributed by atoms with Crippen LogP contribution in [-0.2, 0) is 6.54 Å². The predicted octanol–water partition coefficient (Wildman–Crippen LogP) is 8.11. The number of rotatable bonds is 4.